The molecule has 0 amide bonds. The Morgan fingerprint density at radius 1 is 1.21 bits per heavy atom. The van der Waals surface area contributed by atoms with Gasteiger partial charge in [-0.05, 0) is 38.8 Å². The summed E-state index contributed by atoms with van der Waals surface area (Å²) in [5, 5.41) is 0. The van der Waals surface area contributed by atoms with Gasteiger partial charge in [-0.2, -0.15) is 13.2 Å². The van der Waals surface area contributed by atoms with E-state index in [1.807, 2.05) is 0 Å². The highest BCUT2D eigenvalue weighted by Gasteiger charge is 2.36. The van der Waals surface area contributed by atoms with Crippen molar-refractivity contribution in [2.75, 3.05) is 6.61 Å². The van der Waals surface area contributed by atoms with Gasteiger partial charge in [0.25, 0.3) is 0 Å². The van der Waals surface area contributed by atoms with E-state index in [-0.39, 0.29) is 18.6 Å². The lowest BCUT2D eigenvalue weighted by Gasteiger charge is -2.24. The molecule has 1 aromatic carbocycles. The molecule has 19 heavy (non-hydrogen) atoms. The molecular weight excluding hydrogens is 257 g/mol. The number of esters is 1. The summed E-state index contributed by atoms with van der Waals surface area (Å²) in [5.41, 5.74) is -1.59. The van der Waals surface area contributed by atoms with Gasteiger partial charge in [-0.25, -0.2) is 0 Å². The lowest BCUT2D eigenvalue weighted by Crippen LogP contribution is -2.30. The van der Waals surface area contributed by atoms with Gasteiger partial charge >= 0.3 is 12.1 Å². The summed E-state index contributed by atoms with van der Waals surface area (Å²) in [6, 6.07) is 5.29. The summed E-state index contributed by atoms with van der Waals surface area (Å²) >= 11 is 0. The number of rotatable bonds is 4. The first-order valence-corrected chi connectivity index (χ1v) is 6.01. The Hall–Kier alpha value is -1.52. The van der Waals surface area contributed by atoms with Crippen molar-refractivity contribution in [2.24, 2.45) is 5.41 Å². The van der Waals surface area contributed by atoms with Crippen LogP contribution in [0.3, 0.4) is 0 Å². The van der Waals surface area contributed by atoms with Crippen LogP contribution in [0.4, 0.5) is 13.2 Å². The molecule has 5 heteroatoms. The van der Waals surface area contributed by atoms with Crippen LogP contribution in [0.15, 0.2) is 24.3 Å². The number of hydrogen-bond acceptors (Lipinski definition) is 2. The zero-order valence-electron chi connectivity index (χ0n) is 11.2. The van der Waals surface area contributed by atoms with Crippen LogP contribution < -0.4 is 0 Å². The first-order chi connectivity index (χ1) is 8.68. The van der Waals surface area contributed by atoms with Gasteiger partial charge in [0.1, 0.15) is 0 Å². The number of carbonyl (C=O) groups excluding carboxylic acids is 1. The van der Waals surface area contributed by atoms with Crippen molar-refractivity contribution >= 4 is 5.97 Å². The molecular formula is C14H17F3O2. The molecule has 0 aliphatic heterocycles. The van der Waals surface area contributed by atoms with Crippen molar-refractivity contribution in [3.8, 4) is 0 Å². The molecule has 0 unspecified atom stereocenters. The summed E-state index contributed by atoms with van der Waals surface area (Å²) in [5.74, 6) is -0.494. The van der Waals surface area contributed by atoms with E-state index in [0.717, 1.165) is 6.07 Å². The minimum Gasteiger partial charge on any atom is -0.466 e. The van der Waals surface area contributed by atoms with Gasteiger partial charge < -0.3 is 4.74 Å². The fraction of sp³-hybridized carbons (Fsp3) is 0.500. The van der Waals surface area contributed by atoms with Gasteiger partial charge in [-0.15, -0.1) is 0 Å². The van der Waals surface area contributed by atoms with E-state index in [4.69, 9.17) is 4.74 Å². The fourth-order valence-corrected chi connectivity index (χ4v) is 1.83. The maximum Gasteiger partial charge on any atom is 0.416 e. The predicted octanol–water partition coefficient (Wildman–Crippen LogP) is 3.84. The van der Waals surface area contributed by atoms with Crippen LogP contribution in [0.25, 0.3) is 0 Å². The molecule has 0 bridgehead atoms. The Labute approximate surface area is 110 Å². The molecule has 0 aliphatic rings. The second-order valence-corrected chi connectivity index (χ2v) is 4.94. The van der Waals surface area contributed by atoms with Crippen LogP contribution in [0.5, 0.6) is 0 Å². The molecule has 0 N–H and O–H groups in total. The standard InChI is InChI=1S/C14H17F3O2/c1-4-19-12(18)13(2,3)9-10-7-5-6-8-11(10)14(15,16)17/h5-8H,4,9H2,1-3H3. The Kier molecular flexibility index (Phi) is 4.61. The minimum absolute atomic E-state index is 0.0124. The molecule has 0 saturated carbocycles. The van der Waals surface area contributed by atoms with Crippen molar-refractivity contribution in [3.05, 3.63) is 35.4 Å². The van der Waals surface area contributed by atoms with E-state index in [1.165, 1.54) is 18.2 Å². The highest BCUT2D eigenvalue weighted by Crippen LogP contribution is 2.35. The molecule has 0 spiro atoms. The predicted molar refractivity (Wildman–Crippen MR) is 65.6 cm³/mol. The van der Waals surface area contributed by atoms with E-state index in [9.17, 15) is 18.0 Å². The SMILES string of the molecule is CCOC(=O)C(C)(C)Cc1ccccc1C(F)(F)F. The van der Waals surface area contributed by atoms with Crippen molar-refractivity contribution in [3.63, 3.8) is 0 Å². The Morgan fingerprint density at radius 2 is 1.79 bits per heavy atom. The smallest absolute Gasteiger partial charge is 0.416 e. The van der Waals surface area contributed by atoms with Crippen molar-refractivity contribution in [1.29, 1.82) is 0 Å². The zero-order valence-corrected chi connectivity index (χ0v) is 11.2. The summed E-state index contributed by atoms with van der Waals surface area (Å²) < 4.78 is 43.5. The molecule has 0 aromatic heterocycles. The lowest BCUT2D eigenvalue weighted by atomic mass is 9.84. The quantitative estimate of drug-likeness (QED) is 0.780. The van der Waals surface area contributed by atoms with E-state index in [1.54, 1.807) is 20.8 Å². The number of carbonyl (C=O) groups is 1. The summed E-state index contributed by atoms with van der Waals surface area (Å²) in [4.78, 5) is 11.7. The Bertz CT molecular complexity index is 450. The average molecular weight is 274 g/mol. The highest BCUT2D eigenvalue weighted by atomic mass is 19.4. The minimum atomic E-state index is -4.42. The normalized spacial score (nSPS) is 12.3. The largest absolute Gasteiger partial charge is 0.466 e. The number of benzene rings is 1. The van der Waals surface area contributed by atoms with Crippen LogP contribution in [0.2, 0.25) is 0 Å². The highest BCUT2D eigenvalue weighted by molar-refractivity contribution is 5.76. The maximum absolute atomic E-state index is 12.9. The first-order valence-electron chi connectivity index (χ1n) is 6.01. The lowest BCUT2D eigenvalue weighted by molar-refractivity contribution is -0.154. The van der Waals surface area contributed by atoms with E-state index < -0.39 is 23.1 Å². The van der Waals surface area contributed by atoms with Crippen molar-refractivity contribution in [1.82, 2.24) is 0 Å². The van der Waals surface area contributed by atoms with Gasteiger partial charge in [-0.1, -0.05) is 18.2 Å². The van der Waals surface area contributed by atoms with E-state index >= 15 is 0 Å². The molecule has 0 heterocycles. The molecule has 2 nitrogen and oxygen atoms in total. The van der Waals surface area contributed by atoms with E-state index in [2.05, 4.69) is 0 Å². The third-order valence-corrected chi connectivity index (χ3v) is 2.78. The monoisotopic (exact) mass is 274 g/mol. The van der Waals surface area contributed by atoms with Gasteiger partial charge in [-0.3, -0.25) is 4.79 Å². The molecule has 0 fully saturated rings. The molecule has 0 radical (unpaired) electrons. The topological polar surface area (TPSA) is 26.3 Å². The molecule has 1 rings (SSSR count). The molecule has 1 aromatic rings. The van der Waals surface area contributed by atoms with Gasteiger partial charge in [0.15, 0.2) is 0 Å². The van der Waals surface area contributed by atoms with Crippen LogP contribution in [-0.4, -0.2) is 12.6 Å². The van der Waals surface area contributed by atoms with Crippen LogP contribution >= 0.6 is 0 Å². The maximum atomic E-state index is 12.9. The van der Waals surface area contributed by atoms with Crippen molar-refractivity contribution < 1.29 is 22.7 Å². The first kappa shape index (κ1) is 15.5. The van der Waals surface area contributed by atoms with Gasteiger partial charge in [0, 0.05) is 0 Å². The Balaban J connectivity index is 3.03. The summed E-state index contributed by atoms with van der Waals surface area (Å²) in [7, 11) is 0. The fourth-order valence-electron chi connectivity index (χ4n) is 1.83. The number of ether oxygens (including phenoxy) is 1. The molecule has 0 atom stereocenters. The molecule has 106 valence electrons. The third-order valence-electron chi connectivity index (χ3n) is 2.78. The number of hydrogen-bond donors (Lipinski definition) is 0. The summed E-state index contributed by atoms with van der Waals surface area (Å²) in [6.45, 7) is 5.04. The number of halogens is 3. The summed E-state index contributed by atoms with van der Waals surface area (Å²) in [6.07, 6.45) is -4.43. The van der Waals surface area contributed by atoms with Gasteiger partial charge in [0.2, 0.25) is 0 Å². The zero-order chi connectivity index (χ0) is 14.7. The van der Waals surface area contributed by atoms with Crippen LogP contribution in [0, 0.1) is 5.41 Å². The third kappa shape index (κ3) is 3.98. The van der Waals surface area contributed by atoms with Crippen molar-refractivity contribution in [2.45, 2.75) is 33.4 Å². The second-order valence-electron chi connectivity index (χ2n) is 4.94. The molecule has 0 saturated heterocycles. The van der Waals surface area contributed by atoms with Crippen LogP contribution in [0.1, 0.15) is 31.9 Å². The van der Waals surface area contributed by atoms with Gasteiger partial charge in [0.05, 0.1) is 17.6 Å². The van der Waals surface area contributed by atoms with E-state index in [0.29, 0.717) is 0 Å². The molecule has 0 aliphatic carbocycles. The number of alkyl halides is 3. The van der Waals surface area contributed by atoms with Crippen LogP contribution in [-0.2, 0) is 22.1 Å². The second kappa shape index (κ2) is 5.63. The Morgan fingerprint density at radius 3 is 2.32 bits per heavy atom. The average Bonchev–Trinajstić information content (AvgIpc) is 2.28.